The van der Waals surface area contributed by atoms with E-state index in [4.69, 9.17) is 5.11 Å². The molecule has 2 N–H and O–H groups in total. The molecule has 3 aliphatic carbocycles. The number of aryl methyl sites for hydroxylation is 1. The number of hydrogen-bond acceptors (Lipinski definition) is 4. The Bertz CT molecular complexity index is 672. The Kier molecular flexibility index (Phi) is 4.27. The molecule has 25 heavy (non-hydrogen) atoms. The molecule has 0 aliphatic heterocycles. The quantitative estimate of drug-likeness (QED) is 0.742. The van der Waals surface area contributed by atoms with Gasteiger partial charge in [0.15, 0.2) is 0 Å². The number of rotatable bonds is 8. The smallest absolute Gasteiger partial charge is 0.317 e. The van der Waals surface area contributed by atoms with Gasteiger partial charge >= 0.3 is 5.97 Å². The second-order valence-corrected chi connectivity index (χ2v) is 7.90. The molecule has 3 saturated carbocycles. The highest BCUT2D eigenvalue weighted by Crippen LogP contribution is 2.41. The van der Waals surface area contributed by atoms with Crippen LogP contribution in [-0.4, -0.2) is 56.8 Å². The number of aromatic nitrogens is 2. The molecule has 4 rings (SSSR count). The van der Waals surface area contributed by atoms with Gasteiger partial charge in [0, 0.05) is 31.6 Å². The molecule has 0 radical (unpaired) electrons. The number of nitrogens with zero attached hydrogens (tertiary/aromatic N) is 3. The van der Waals surface area contributed by atoms with Gasteiger partial charge in [-0.15, -0.1) is 0 Å². The summed E-state index contributed by atoms with van der Waals surface area (Å²) in [6, 6.07) is 0.416. The molecule has 0 aromatic carbocycles. The number of carbonyl (C=O) groups is 2. The Morgan fingerprint density at radius 1 is 1.32 bits per heavy atom. The fourth-order valence-corrected chi connectivity index (χ4v) is 3.88. The molecular formula is C18H26N4O3. The second-order valence-electron chi connectivity index (χ2n) is 7.90. The number of aliphatic carboxylic acids is 1. The zero-order valence-electron chi connectivity index (χ0n) is 14.6. The minimum Gasteiger partial charge on any atom is -0.480 e. The summed E-state index contributed by atoms with van der Waals surface area (Å²) in [6.45, 7) is 0.988. The van der Waals surface area contributed by atoms with E-state index in [2.05, 4.69) is 15.3 Å². The van der Waals surface area contributed by atoms with Crippen LogP contribution in [0.2, 0.25) is 0 Å². The van der Waals surface area contributed by atoms with Crippen molar-refractivity contribution in [3.8, 4) is 0 Å². The number of nitrogens with one attached hydrogen (secondary N) is 1. The first-order valence-corrected chi connectivity index (χ1v) is 9.30. The molecule has 136 valence electrons. The van der Waals surface area contributed by atoms with Crippen LogP contribution in [0.15, 0.2) is 6.20 Å². The van der Waals surface area contributed by atoms with Crippen LogP contribution in [0.25, 0.3) is 0 Å². The Morgan fingerprint density at radius 3 is 2.64 bits per heavy atom. The van der Waals surface area contributed by atoms with Crippen LogP contribution in [0, 0.1) is 5.92 Å². The summed E-state index contributed by atoms with van der Waals surface area (Å²) in [5, 5.41) is 16.5. The van der Waals surface area contributed by atoms with E-state index in [9.17, 15) is 9.59 Å². The molecule has 7 heteroatoms. The minimum absolute atomic E-state index is 0.0366. The summed E-state index contributed by atoms with van der Waals surface area (Å²) >= 11 is 0. The van der Waals surface area contributed by atoms with Gasteiger partial charge in [0.2, 0.25) is 0 Å². The van der Waals surface area contributed by atoms with Crippen LogP contribution >= 0.6 is 0 Å². The summed E-state index contributed by atoms with van der Waals surface area (Å²) in [4.78, 5) is 25.8. The Balaban J connectivity index is 1.31. The molecule has 3 aliphatic rings. The SMILES string of the molecule is Cn1ncc(C(=O)NC2CC(N(CC(=O)O)CC3CC3)C2)c1C1CC1. The van der Waals surface area contributed by atoms with E-state index < -0.39 is 5.97 Å². The van der Waals surface area contributed by atoms with E-state index in [1.165, 1.54) is 12.8 Å². The van der Waals surface area contributed by atoms with Crippen molar-refractivity contribution in [2.45, 2.75) is 56.5 Å². The first-order chi connectivity index (χ1) is 12.0. The summed E-state index contributed by atoms with van der Waals surface area (Å²) in [5.74, 6) is 0.347. The molecule has 0 atom stereocenters. The topological polar surface area (TPSA) is 87.5 Å². The van der Waals surface area contributed by atoms with Crippen molar-refractivity contribution in [1.82, 2.24) is 20.0 Å². The largest absolute Gasteiger partial charge is 0.480 e. The Labute approximate surface area is 147 Å². The second kappa shape index (κ2) is 6.44. The molecule has 7 nitrogen and oxygen atoms in total. The van der Waals surface area contributed by atoms with Crippen molar-refractivity contribution in [3.63, 3.8) is 0 Å². The monoisotopic (exact) mass is 346 g/mol. The van der Waals surface area contributed by atoms with Crippen LogP contribution in [0.4, 0.5) is 0 Å². The number of hydrogen-bond donors (Lipinski definition) is 2. The number of carboxylic acid groups (broad SMARTS) is 1. The lowest BCUT2D eigenvalue weighted by molar-refractivity contribution is -0.139. The molecule has 0 spiro atoms. The summed E-state index contributed by atoms with van der Waals surface area (Å²) < 4.78 is 1.82. The fourth-order valence-electron chi connectivity index (χ4n) is 3.88. The molecule has 0 saturated heterocycles. The first-order valence-electron chi connectivity index (χ1n) is 9.30. The van der Waals surface area contributed by atoms with Gasteiger partial charge < -0.3 is 10.4 Å². The molecule has 1 amide bonds. The van der Waals surface area contributed by atoms with E-state index in [1.807, 2.05) is 11.7 Å². The van der Waals surface area contributed by atoms with E-state index in [1.54, 1.807) is 6.20 Å². The average Bonchev–Trinajstić information content (AvgIpc) is 3.42. The molecule has 1 aromatic heterocycles. The number of amides is 1. The molecule has 0 unspecified atom stereocenters. The zero-order chi connectivity index (χ0) is 17.6. The van der Waals surface area contributed by atoms with E-state index in [0.717, 1.165) is 37.9 Å². The number of carboxylic acids is 1. The molecule has 0 bridgehead atoms. The van der Waals surface area contributed by atoms with E-state index >= 15 is 0 Å². The summed E-state index contributed by atoms with van der Waals surface area (Å²) in [5.41, 5.74) is 1.75. The van der Waals surface area contributed by atoms with E-state index in [0.29, 0.717) is 17.4 Å². The maximum atomic E-state index is 12.6. The van der Waals surface area contributed by atoms with Crippen molar-refractivity contribution in [2.75, 3.05) is 13.1 Å². The lowest BCUT2D eigenvalue weighted by atomic mass is 9.85. The zero-order valence-corrected chi connectivity index (χ0v) is 14.6. The van der Waals surface area contributed by atoms with Crippen molar-refractivity contribution in [2.24, 2.45) is 13.0 Å². The molecule has 1 heterocycles. The van der Waals surface area contributed by atoms with Gasteiger partial charge in [-0.1, -0.05) is 0 Å². The maximum Gasteiger partial charge on any atom is 0.317 e. The normalized spacial score (nSPS) is 25.7. The Hall–Kier alpha value is -1.89. The minimum atomic E-state index is -0.766. The summed E-state index contributed by atoms with van der Waals surface area (Å²) in [6.07, 6.45) is 8.05. The average molecular weight is 346 g/mol. The predicted octanol–water partition coefficient (Wildman–Crippen LogP) is 1.35. The van der Waals surface area contributed by atoms with Crippen LogP contribution in [0.3, 0.4) is 0 Å². The standard InChI is InChI=1S/C18H26N4O3/c1-21-17(12-4-5-12)15(8-19-21)18(25)20-13-6-14(7-13)22(10-16(23)24)9-11-2-3-11/h8,11-14H,2-7,9-10H2,1H3,(H,20,25)(H,23,24). The van der Waals surface area contributed by atoms with Crippen molar-refractivity contribution in [3.05, 3.63) is 17.5 Å². The fraction of sp³-hybridized carbons (Fsp3) is 0.722. The highest BCUT2D eigenvalue weighted by Gasteiger charge is 2.39. The van der Waals surface area contributed by atoms with Crippen LogP contribution < -0.4 is 5.32 Å². The van der Waals surface area contributed by atoms with Crippen LogP contribution in [0.5, 0.6) is 0 Å². The molecule has 3 fully saturated rings. The highest BCUT2D eigenvalue weighted by molar-refractivity contribution is 5.95. The van der Waals surface area contributed by atoms with Gasteiger partial charge in [0.05, 0.1) is 24.0 Å². The van der Waals surface area contributed by atoms with Crippen LogP contribution in [-0.2, 0) is 11.8 Å². The number of carbonyl (C=O) groups excluding carboxylic acids is 1. The first kappa shape index (κ1) is 16.6. The Morgan fingerprint density at radius 2 is 2.04 bits per heavy atom. The van der Waals surface area contributed by atoms with Gasteiger partial charge in [-0.25, -0.2) is 0 Å². The summed E-state index contributed by atoms with van der Waals surface area (Å²) in [7, 11) is 1.89. The lowest BCUT2D eigenvalue weighted by Crippen LogP contribution is -2.55. The van der Waals surface area contributed by atoms with Gasteiger partial charge in [0.1, 0.15) is 0 Å². The van der Waals surface area contributed by atoms with Crippen molar-refractivity contribution < 1.29 is 14.7 Å². The van der Waals surface area contributed by atoms with Gasteiger partial charge in [0.25, 0.3) is 5.91 Å². The van der Waals surface area contributed by atoms with E-state index in [-0.39, 0.29) is 24.5 Å². The van der Waals surface area contributed by atoms with Crippen molar-refractivity contribution in [1.29, 1.82) is 0 Å². The van der Waals surface area contributed by atoms with Crippen molar-refractivity contribution >= 4 is 11.9 Å². The molecule has 1 aromatic rings. The van der Waals surface area contributed by atoms with Gasteiger partial charge in [-0.2, -0.15) is 5.10 Å². The molecular weight excluding hydrogens is 320 g/mol. The van der Waals surface area contributed by atoms with Gasteiger partial charge in [-0.3, -0.25) is 19.2 Å². The van der Waals surface area contributed by atoms with Crippen LogP contribution in [0.1, 0.15) is 60.5 Å². The predicted molar refractivity (Wildman–Crippen MR) is 91.4 cm³/mol. The maximum absolute atomic E-state index is 12.6. The van der Waals surface area contributed by atoms with Gasteiger partial charge in [-0.05, 0) is 44.4 Å². The third-order valence-corrected chi connectivity index (χ3v) is 5.69. The highest BCUT2D eigenvalue weighted by atomic mass is 16.4. The third-order valence-electron chi connectivity index (χ3n) is 5.69. The lowest BCUT2D eigenvalue weighted by Gasteiger charge is -2.42. The third kappa shape index (κ3) is 3.71.